The van der Waals surface area contributed by atoms with E-state index in [0.29, 0.717) is 24.4 Å². The third-order valence-electron chi connectivity index (χ3n) is 5.02. The number of carbonyl (C=O) groups is 1. The zero-order valence-corrected chi connectivity index (χ0v) is 16.3. The van der Waals surface area contributed by atoms with Crippen molar-refractivity contribution in [3.8, 4) is 0 Å². The van der Waals surface area contributed by atoms with Crippen molar-refractivity contribution in [3.63, 3.8) is 0 Å². The monoisotopic (exact) mass is 378 g/mol. The van der Waals surface area contributed by atoms with E-state index in [1.807, 2.05) is 11.6 Å². The second-order valence-corrected chi connectivity index (χ2v) is 9.23. The van der Waals surface area contributed by atoms with E-state index in [0.717, 1.165) is 24.2 Å². The van der Waals surface area contributed by atoms with E-state index in [1.54, 1.807) is 18.2 Å². The van der Waals surface area contributed by atoms with Gasteiger partial charge in [-0.1, -0.05) is 12.8 Å². The Bertz CT molecular complexity index is 912. The molecule has 1 aliphatic carbocycles. The molecule has 1 saturated carbocycles. The Hall–Kier alpha value is -1.93. The van der Waals surface area contributed by atoms with Gasteiger partial charge in [-0.05, 0) is 31.0 Å². The molecular weight excluding hydrogens is 352 g/mol. The van der Waals surface area contributed by atoms with Crippen molar-refractivity contribution in [2.75, 3.05) is 14.1 Å². The topological polar surface area (TPSA) is 84.3 Å². The number of nitrogens with zero attached hydrogens (tertiary/aromatic N) is 3. The SMILES string of the molecule is CN(C)S(=O)(=O)c1ccc2c(c1)nc(CCC(=O)NC1CCCC1)n2C. The molecule has 26 heavy (non-hydrogen) atoms. The summed E-state index contributed by atoms with van der Waals surface area (Å²) in [5.41, 5.74) is 1.48. The van der Waals surface area contributed by atoms with Crippen molar-refractivity contribution >= 4 is 27.0 Å². The van der Waals surface area contributed by atoms with Gasteiger partial charge in [0.2, 0.25) is 15.9 Å². The van der Waals surface area contributed by atoms with Gasteiger partial charge in [0, 0.05) is 40.0 Å². The van der Waals surface area contributed by atoms with Crippen LogP contribution in [0.15, 0.2) is 23.1 Å². The number of fused-ring (bicyclic) bond motifs is 1. The van der Waals surface area contributed by atoms with E-state index < -0.39 is 10.0 Å². The number of hydrogen-bond acceptors (Lipinski definition) is 4. The minimum Gasteiger partial charge on any atom is -0.353 e. The van der Waals surface area contributed by atoms with E-state index in [9.17, 15) is 13.2 Å². The molecule has 0 atom stereocenters. The maximum atomic E-state index is 12.3. The second-order valence-electron chi connectivity index (χ2n) is 7.07. The van der Waals surface area contributed by atoms with E-state index in [4.69, 9.17) is 0 Å². The van der Waals surface area contributed by atoms with E-state index in [2.05, 4.69) is 10.3 Å². The Morgan fingerprint density at radius 3 is 2.65 bits per heavy atom. The van der Waals surface area contributed by atoms with Crippen LogP contribution in [0, 0.1) is 0 Å². The summed E-state index contributed by atoms with van der Waals surface area (Å²) in [5.74, 6) is 0.834. The average molecular weight is 378 g/mol. The van der Waals surface area contributed by atoms with Crippen LogP contribution >= 0.6 is 0 Å². The minimum absolute atomic E-state index is 0.0554. The molecule has 3 rings (SSSR count). The first-order chi connectivity index (χ1) is 12.3. The molecule has 1 N–H and O–H groups in total. The fourth-order valence-corrected chi connectivity index (χ4v) is 4.34. The molecular formula is C18H26N4O3S. The number of aromatic nitrogens is 2. The number of amides is 1. The Balaban J connectivity index is 1.75. The van der Waals surface area contributed by atoms with Crippen LogP contribution in [0.4, 0.5) is 0 Å². The molecule has 8 heteroatoms. The summed E-state index contributed by atoms with van der Waals surface area (Å²) in [7, 11) is 1.41. The molecule has 1 aromatic heterocycles. The zero-order chi connectivity index (χ0) is 18.9. The van der Waals surface area contributed by atoms with Crippen molar-refractivity contribution in [1.82, 2.24) is 19.2 Å². The van der Waals surface area contributed by atoms with Crippen LogP contribution in [0.3, 0.4) is 0 Å². The first kappa shape index (κ1) is 18.8. The molecule has 1 aliphatic rings. The van der Waals surface area contributed by atoms with Crippen molar-refractivity contribution in [3.05, 3.63) is 24.0 Å². The fourth-order valence-electron chi connectivity index (χ4n) is 3.42. The lowest BCUT2D eigenvalue weighted by Gasteiger charge is -2.11. The molecule has 1 amide bonds. The molecule has 142 valence electrons. The average Bonchev–Trinajstić information content (AvgIpc) is 3.20. The van der Waals surface area contributed by atoms with Crippen LogP contribution in [-0.2, 0) is 28.3 Å². The molecule has 7 nitrogen and oxygen atoms in total. The van der Waals surface area contributed by atoms with Crippen LogP contribution in [0.2, 0.25) is 0 Å². The first-order valence-electron chi connectivity index (χ1n) is 8.96. The minimum atomic E-state index is -3.49. The first-order valence-corrected chi connectivity index (χ1v) is 10.4. The Labute approximate surface area is 154 Å². The van der Waals surface area contributed by atoms with Gasteiger partial charge in [-0.3, -0.25) is 4.79 Å². The highest BCUT2D eigenvalue weighted by molar-refractivity contribution is 7.89. The predicted octanol–water partition coefficient (Wildman–Crippen LogP) is 1.81. The van der Waals surface area contributed by atoms with Gasteiger partial charge in [-0.2, -0.15) is 0 Å². The van der Waals surface area contributed by atoms with Crippen LogP contribution in [0.5, 0.6) is 0 Å². The molecule has 0 aliphatic heterocycles. The van der Waals surface area contributed by atoms with Gasteiger partial charge in [0.1, 0.15) is 5.82 Å². The number of carbonyl (C=O) groups excluding carboxylic acids is 1. The van der Waals surface area contributed by atoms with Crippen molar-refractivity contribution in [1.29, 1.82) is 0 Å². The largest absolute Gasteiger partial charge is 0.353 e. The van der Waals surface area contributed by atoms with Gasteiger partial charge in [-0.15, -0.1) is 0 Å². The number of benzene rings is 1. The third kappa shape index (κ3) is 3.76. The summed E-state index contributed by atoms with van der Waals surface area (Å²) in [6.45, 7) is 0. The van der Waals surface area contributed by atoms with Crippen molar-refractivity contribution < 1.29 is 13.2 Å². The number of imidazole rings is 1. The summed E-state index contributed by atoms with van der Waals surface area (Å²) < 4.78 is 27.7. The van der Waals surface area contributed by atoms with Crippen LogP contribution in [0.1, 0.15) is 37.9 Å². The van der Waals surface area contributed by atoms with Crippen LogP contribution in [0.25, 0.3) is 11.0 Å². The molecule has 1 heterocycles. The number of sulfonamides is 1. The molecule has 0 bridgehead atoms. The summed E-state index contributed by atoms with van der Waals surface area (Å²) in [6.07, 6.45) is 5.43. The number of rotatable bonds is 6. The predicted molar refractivity (Wildman–Crippen MR) is 100 cm³/mol. The second kappa shape index (κ2) is 7.36. The number of hydrogen-bond donors (Lipinski definition) is 1. The van der Waals surface area contributed by atoms with Crippen LogP contribution < -0.4 is 5.32 Å². The van der Waals surface area contributed by atoms with Crippen molar-refractivity contribution in [2.24, 2.45) is 7.05 Å². The van der Waals surface area contributed by atoms with Gasteiger partial charge in [0.15, 0.2) is 0 Å². The molecule has 0 saturated heterocycles. The van der Waals surface area contributed by atoms with E-state index >= 15 is 0 Å². The number of nitrogens with one attached hydrogen (secondary N) is 1. The lowest BCUT2D eigenvalue weighted by molar-refractivity contribution is -0.121. The van der Waals surface area contributed by atoms with E-state index in [1.165, 1.54) is 31.2 Å². The molecule has 2 aromatic rings. The van der Waals surface area contributed by atoms with Crippen molar-refractivity contribution in [2.45, 2.75) is 49.5 Å². The molecule has 1 fully saturated rings. The highest BCUT2D eigenvalue weighted by atomic mass is 32.2. The molecule has 0 spiro atoms. The maximum absolute atomic E-state index is 12.3. The van der Waals surface area contributed by atoms with E-state index in [-0.39, 0.29) is 10.8 Å². The zero-order valence-electron chi connectivity index (χ0n) is 15.5. The van der Waals surface area contributed by atoms with Gasteiger partial charge in [-0.25, -0.2) is 17.7 Å². The third-order valence-corrected chi connectivity index (χ3v) is 6.83. The smallest absolute Gasteiger partial charge is 0.242 e. The van der Waals surface area contributed by atoms with Gasteiger partial charge < -0.3 is 9.88 Å². The highest BCUT2D eigenvalue weighted by Crippen LogP contribution is 2.22. The van der Waals surface area contributed by atoms with Crippen LogP contribution in [-0.4, -0.2) is 48.3 Å². The number of aryl methyl sites for hydroxylation is 2. The summed E-state index contributed by atoms with van der Waals surface area (Å²) in [5, 5.41) is 3.08. The molecule has 1 aromatic carbocycles. The summed E-state index contributed by atoms with van der Waals surface area (Å²) in [6, 6.07) is 5.27. The molecule has 0 radical (unpaired) electrons. The standard InChI is InChI=1S/C18H26N4O3S/c1-21(2)26(24,25)14-8-9-16-15(12-14)20-17(22(16)3)10-11-18(23)19-13-6-4-5-7-13/h8-9,12-13H,4-7,10-11H2,1-3H3,(H,19,23). The quantitative estimate of drug-likeness (QED) is 0.831. The summed E-state index contributed by atoms with van der Waals surface area (Å²) >= 11 is 0. The van der Waals surface area contributed by atoms with Gasteiger partial charge in [0.25, 0.3) is 0 Å². The molecule has 0 unspecified atom stereocenters. The lowest BCUT2D eigenvalue weighted by atomic mass is 10.2. The lowest BCUT2D eigenvalue weighted by Crippen LogP contribution is -2.32. The van der Waals surface area contributed by atoms with Gasteiger partial charge >= 0.3 is 0 Å². The summed E-state index contributed by atoms with van der Waals surface area (Å²) in [4.78, 5) is 16.9. The Kier molecular flexibility index (Phi) is 5.34. The Morgan fingerprint density at radius 2 is 2.00 bits per heavy atom. The van der Waals surface area contributed by atoms with Gasteiger partial charge in [0.05, 0.1) is 15.9 Å². The Morgan fingerprint density at radius 1 is 1.31 bits per heavy atom. The highest BCUT2D eigenvalue weighted by Gasteiger charge is 2.20. The fraction of sp³-hybridized carbons (Fsp3) is 0.556. The normalized spacial score (nSPS) is 15.8. The maximum Gasteiger partial charge on any atom is 0.242 e.